The Labute approximate surface area is 138 Å². The van der Waals surface area contributed by atoms with Crippen LogP contribution in [0.25, 0.3) is 0 Å². The maximum absolute atomic E-state index is 12.0. The molecule has 1 aromatic heterocycles. The van der Waals surface area contributed by atoms with Gasteiger partial charge in [0.2, 0.25) is 0 Å². The van der Waals surface area contributed by atoms with E-state index in [1.165, 1.54) is 11.3 Å². The zero-order valence-electron chi connectivity index (χ0n) is 10.7. The van der Waals surface area contributed by atoms with Gasteiger partial charge in [-0.05, 0) is 52.9 Å². The Morgan fingerprint density at radius 1 is 1.43 bits per heavy atom. The first-order chi connectivity index (χ1) is 10.1. The molecule has 0 aliphatic heterocycles. The lowest BCUT2D eigenvalue weighted by Gasteiger charge is -2.07. The number of thiophene rings is 1. The van der Waals surface area contributed by atoms with Crippen LogP contribution in [0.4, 0.5) is 5.69 Å². The molecule has 0 saturated carbocycles. The standard InChI is InChI=1S/C13H12IN3O3S/c14-11-5-8(7-21-11)13(18)16-9-1-3-10(4-2-9)20-6-12(15)17-19/h1-5,7,19H,6H2,(H2,15,17)(H,16,18). The average Bonchev–Trinajstić information content (AvgIpc) is 2.93. The lowest BCUT2D eigenvalue weighted by Crippen LogP contribution is -2.20. The van der Waals surface area contributed by atoms with Gasteiger partial charge in [0.25, 0.3) is 5.91 Å². The van der Waals surface area contributed by atoms with Gasteiger partial charge in [-0.15, -0.1) is 11.3 Å². The van der Waals surface area contributed by atoms with Crippen molar-refractivity contribution in [2.24, 2.45) is 10.9 Å². The Hall–Kier alpha value is -1.81. The number of carbonyl (C=O) groups is 1. The molecule has 0 aliphatic rings. The van der Waals surface area contributed by atoms with E-state index < -0.39 is 0 Å². The first-order valence-corrected chi connectivity index (χ1v) is 7.79. The molecule has 1 aromatic carbocycles. The quantitative estimate of drug-likeness (QED) is 0.229. The fourth-order valence-corrected chi connectivity index (χ4v) is 2.78. The summed E-state index contributed by atoms with van der Waals surface area (Å²) in [7, 11) is 0. The second-order valence-electron chi connectivity index (χ2n) is 4.00. The van der Waals surface area contributed by atoms with Crippen LogP contribution in [-0.4, -0.2) is 23.6 Å². The van der Waals surface area contributed by atoms with Crippen LogP contribution in [0.2, 0.25) is 0 Å². The molecule has 0 spiro atoms. The van der Waals surface area contributed by atoms with Crippen molar-refractivity contribution in [3.8, 4) is 5.75 Å². The number of amides is 1. The fraction of sp³-hybridized carbons (Fsp3) is 0.0769. The number of oxime groups is 1. The number of rotatable bonds is 5. The van der Waals surface area contributed by atoms with Gasteiger partial charge < -0.3 is 21.0 Å². The Balaban J connectivity index is 1.94. The number of carbonyl (C=O) groups excluding carboxylic acids is 1. The molecule has 21 heavy (non-hydrogen) atoms. The molecule has 0 fully saturated rings. The first kappa shape index (κ1) is 15.6. The molecule has 8 heteroatoms. The molecule has 6 nitrogen and oxygen atoms in total. The average molecular weight is 417 g/mol. The highest BCUT2D eigenvalue weighted by Crippen LogP contribution is 2.19. The summed E-state index contributed by atoms with van der Waals surface area (Å²) in [6.07, 6.45) is 0. The van der Waals surface area contributed by atoms with Crippen LogP contribution in [0.3, 0.4) is 0 Å². The molecule has 110 valence electrons. The molecule has 0 atom stereocenters. The summed E-state index contributed by atoms with van der Waals surface area (Å²) in [5.41, 5.74) is 6.60. The fourth-order valence-electron chi connectivity index (χ4n) is 1.45. The van der Waals surface area contributed by atoms with Crippen LogP contribution >= 0.6 is 33.9 Å². The van der Waals surface area contributed by atoms with Gasteiger partial charge in [-0.25, -0.2) is 0 Å². The van der Waals surface area contributed by atoms with Crippen molar-refractivity contribution in [1.82, 2.24) is 0 Å². The molecule has 0 bridgehead atoms. The summed E-state index contributed by atoms with van der Waals surface area (Å²) in [5, 5.41) is 15.8. The van der Waals surface area contributed by atoms with Crippen molar-refractivity contribution >= 4 is 51.4 Å². The van der Waals surface area contributed by atoms with E-state index in [1.54, 1.807) is 24.3 Å². The summed E-state index contributed by atoms with van der Waals surface area (Å²) < 4.78 is 6.34. The Bertz CT molecular complexity index is 655. The predicted octanol–water partition coefficient (Wildman–Crippen LogP) is 2.73. The van der Waals surface area contributed by atoms with E-state index in [1.807, 2.05) is 11.4 Å². The number of nitrogens with zero attached hydrogens (tertiary/aromatic N) is 1. The summed E-state index contributed by atoms with van der Waals surface area (Å²) in [5.74, 6) is 0.392. The van der Waals surface area contributed by atoms with E-state index >= 15 is 0 Å². The minimum atomic E-state index is -0.153. The van der Waals surface area contributed by atoms with E-state index in [0.29, 0.717) is 17.0 Å². The van der Waals surface area contributed by atoms with Gasteiger partial charge in [-0.2, -0.15) is 0 Å². The summed E-state index contributed by atoms with van der Waals surface area (Å²) in [6.45, 7) is -0.00442. The van der Waals surface area contributed by atoms with Crippen LogP contribution in [0, 0.1) is 2.88 Å². The highest BCUT2D eigenvalue weighted by Gasteiger charge is 2.08. The van der Waals surface area contributed by atoms with Crippen molar-refractivity contribution in [2.75, 3.05) is 11.9 Å². The normalized spacial score (nSPS) is 11.2. The van der Waals surface area contributed by atoms with Gasteiger partial charge in [-0.3, -0.25) is 4.79 Å². The Morgan fingerprint density at radius 3 is 2.71 bits per heavy atom. The van der Waals surface area contributed by atoms with E-state index in [2.05, 4.69) is 33.1 Å². The monoisotopic (exact) mass is 417 g/mol. The van der Waals surface area contributed by atoms with Crippen molar-refractivity contribution in [2.45, 2.75) is 0 Å². The van der Waals surface area contributed by atoms with Crippen LogP contribution in [0.5, 0.6) is 5.75 Å². The van der Waals surface area contributed by atoms with Gasteiger partial charge in [-0.1, -0.05) is 5.16 Å². The van der Waals surface area contributed by atoms with Crippen molar-refractivity contribution in [3.63, 3.8) is 0 Å². The third-order valence-corrected chi connectivity index (χ3v) is 4.25. The van der Waals surface area contributed by atoms with Crippen LogP contribution in [0.1, 0.15) is 10.4 Å². The minimum Gasteiger partial charge on any atom is -0.486 e. The SMILES string of the molecule is NC(COc1ccc(NC(=O)c2csc(I)c2)cc1)=NO. The molecule has 1 heterocycles. The highest BCUT2D eigenvalue weighted by atomic mass is 127. The molecule has 0 saturated heterocycles. The number of benzene rings is 1. The first-order valence-electron chi connectivity index (χ1n) is 5.83. The second kappa shape index (κ2) is 7.27. The second-order valence-corrected chi connectivity index (χ2v) is 6.80. The number of hydrogen-bond donors (Lipinski definition) is 3. The molecular formula is C13H12IN3O3S. The van der Waals surface area contributed by atoms with Crippen molar-refractivity contribution in [3.05, 3.63) is 44.2 Å². The zero-order chi connectivity index (χ0) is 15.2. The Morgan fingerprint density at radius 2 is 2.14 bits per heavy atom. The molecule has 2 aromatic rings. The minimum absolute atomic E-state index is 0.00442. The van der Waals surface area contributed by atoms with Crippen molar-refractivity contribution in [1.29, 1.82) is 0 Å². The molecule has 1 amide bonds. The number of ether oxygens (including phenoxy) is 1. The smallest absolute Gasteiger partial charge is 0.256 e. The largest absolute Gasteiger partial charge is 0.486 e. The van der Waals surface area contributed by atoms with E-state index in [0.717, 1.165) is 2.88 Å². The van der Waals surface area contributed by atoms with E-state index in [-0.39, 0.29) is 18.3 Å². The number of halogens is 1. The van der Waals surface area contributed by atoms with Gasteiger partial charge in [0, 0.05) is 11.1 Å². The third kappa shape index (κ3) is 4.60. The topological polar surface area (TPSA) is 96.9 Å². The van der Waals surface area contributed by atoms with E-state index in [4.69, 9.17) is 15.7 Å². The number of hydrogen-bond acceptors (Lipinski definition) is 5. The van der Waals surface area contributed by atoms with Crippen LogP contribution in [-0.2, 0) is 0 Å². The van der Waals surface area contributed by atoms with Gasteiger partial charge in [0.1, 0.15) is 12.4 Å². The molecule has 0 radical (unpaired) electrons. The lowest BCUT2D eigenvalue weighted by atomic mass is 10.2. The van der Waals surface area contributed by atoms with Crippen molar-refractivity contribution < 1.29 is 14.7 Å². The number of nitrogens with two attached hydrogens (primary N) is 1. The molecule has 0 aliphatic carbocycles. The van der Waals surface area contributed by atoms with Crippen LogP contribution in [0.15, 0.2) is 40.9 Å². The maximum atomic E-state index is 12.0. The molecular weight excluding hydrogens is 405 g/mol. The Kier molecular flexibility index (Phi) is 5.39. The number of nitrogens with one attached hydrogen (secondary N) is 1. The van der Waals surface area contributed by atoms with Gasteiger partial charge in [0.05, 0.1) is 8.45 Å². The van der Waals surface area contributed by atoms with Crippen LogP contribution < -0.4 is 15.8 Å². The van der Waals surface area contributed by atoms with Gasteiger partial charge in [0.15, 0.2) is 5.84 Å². The number of anilines is 1. The summed E-state index contributed by atoms with van der Waals surface area (Å²) >= 11 is 3.69. The maximum Gasteiger partial charge on any atom is 0.256 e. The highest BCUT2D eigenvalue weighted by molar-refractivity contribution is 14.1. The predicted molar refractivity (Wildman–Crippen MR) is 90.3 cm³/mol. The van der Waals surface area contributed by atoms with E-state index in [9.17, 15) is 4.79 Å². The zero-order valence-corrected chi connectivity index (χ0v) is 13.7. The van der Waals surface area contributed by atoms with Gasteiger partial charge >= 0.3 is 0 Å². The summed E-state index contributed by atoms with van der Waals surface area (Å²) in [6, 6.07) is 8.65. The molecule has 2 rings (SSSR count). The third-order valence-electron chi connectivity index (χ3n) is 2.46. The summed E-state index contributed by atoms with van der Waals surface area (Å²) in [4.78, 5) is 12.0. The molecule has 0 unspecified atom stereocenters. The lowest BCUT2D eigenvalue weighted by molar-refractivity contribution is 0.102. The molecule has 4 N–H and O–H groups in total. The number of amidine groups is 1.